The lowest BCUT2D eigenvalue weighted by Crippen LogP contribution is -2.18. The van der Waals surface area contributed by atoms with Gasteiger partial charge in [-0.15, -0.1) is 0 Å². The zero-order valence-corrected chi connectivity index (χ0v) is 12.6. The van der Waals surface area contributed by atoms with E-state index in [-0.39, 0.29) is 28.1 Å². The van der Waals surface area contributed by atoms with Crippen molar-refractivity contribution in [3.05, 3.63) is 39.1 Å². The second-order valence-electron chi connectivity index (χ2n) is 5.60. The van der Waals surface area contributed by atoms with Gasteiger partial charge in [0.1, 0.15) is 17.2 Å². The number of aromatic nitrogens is 2. The Labute approximate surface area is 130 Å². The van der Waals surface area contributed by atoms with E-state index in [4.69, 9.17) is 5.26 Å². The van der Waals surface area contributed by atoms with Crippen LogP contribution >= 0.6 is 0 Å². The van der Waals surface area contributed by atoms with Crippen LogP contribution in [0.15, 0.2) is 10.9 Å². The minimum atomic E-state index is -1.47. The second-order valence-corrected chi connectivity index (χ2v) is 5.60. The number of pyridine rings is 2. The van der Waals surface area contributed by atoms with Crippen molar-refractivity contribution in [2.45, 2.75) is 31.6 Å². The van der Waals surface area contributed by atoms with Gasteiger partial charge in [0.2, 0.25) is 0 Å². The number of rotatable bonds is 3. The summed E-state index contributed by atoms with van der Waals surface area (Å²) in [5.74, 6) is -2.96. The fraction of sp³-hybridized carbons (Fsp3) is 0.375. The van der Waals surface area contributed by atoms with E-state index >= 15 is 0 Å². The lowest BCUT2D eigenvalue weighted by molar-refractivity contribution is -0.141. The average Bonchev–Trinajstić information content (AvgIpc) is 3.37. The van der Waals surface area contributed by atoms with Crippen molar-refractivity contribution in [1.29, 1.82) is 5.26 Å². The molecule has 118 valence electrons. The van der Waals surface area contributed by atoms with Gasteiger partial charge in [0, 0.05) is 11.3 Å². The van der Waals surface area contributed by atoms with E-state index in [0.717, 1.165) is 31.7 Å². The SMILES string of the molecule is COC(=O)C(C#N)c1nc2[nH]c(C3CC3)c(C)c(=O)c2cc1F. The van der Waals surface area contributed by atoms with Gasteiger partial charge in [-0.2, -0.15) is 5.26 Å². The van der Waals surface area contributed by atoms with Crippen LogP contribution in [0.4, 0.5) is 4.39 Å². The molecule has 0 saturated heterocycles. The fourth-order valence-corrected chi connectivity index (χ4v) is 2.64. The third-order valence-corrected chi connectivity index (χ3v) is 4.07. The van der Waals surface area contributed by atoms with Gasteiger partial charge in [-0.25, -0.2) is 9.37 Å². The zero-order valence-electron chi connectivity index (χ0n) is 12.6. The average molecular weight is 315 g/mol. The summed E-state index contributed by atoms with van der Waals surface area (Å²) in [5.41, 5.74) is 0.902. The summed E-state index contributed by atoms with van der Waals surface area (Å²) in [7, 11) is 1.11. The Balaban J connectivity index is 2.24. The summed E-state index contributed by atoms with van der Waals surface area (Å²) >= 11 is 0. The van der Waals surface area contributed by atoms with E-state index < -0.39 is 17.7 Å². The normalized spacial score (nSPS) is 15.2. The number of esters is 1. The van der Waals surface area contributed by atoms with E-state index in [0.29, 0.717) is 5.56 Å². The first-order valence-corrected chi connectivity index (χ1v) is 7.18. The molecule has 0 amide bonds. The molecule has 1 fully saturated rings. The van der Waals surface area contributed by atoms with Crippen LogP contribution in [0.5, 0.6) is 0 Å². The molecule has 1 aliphatic rings. The lowest BCUT2D eigenvalue weighted by atomic mass is 10.0. The molecule has 1 atom stereocenters. The highest BCUT2D eigenvalue weighted by molar-refractivity contribution is 5.83. The van der Waals surface area contributed by atoms with Gasteiger partial charge in [0.25, 0.3) is 0 Å². The number of carbonyl (C=O) groups is 1. The predicted octanol–water partition coefficient (Wildman–Crippen LogP) is 2.03. The highest BCUT2D eigenvalue weighted by atomic mass is 19.1. The summed E-state index contributed by atoms with van der Waals surface area (Å²) in [6.07, 6.45) is 1.97. The summed E-state index contributed by atoms with van der Waals surface area (Å²) in [6.45, 7) is 1.70. The van der Waals surface area contributed by atoms with Crippen LogP contribution in [0.25, 0.3) is 11.0 Å². The third-order valence-electron chi connectivity index (χ3n) is 4.07. The van der Waals surface area contributed by atoms with Crippen molar-refractivity contribution in [3.8, 4) is 6.07 Å². The van der Waals surface area contributed by atoms with Gasteiger partial charge in [-0.1, -0.05) is 0 Å². The number of fused-ring (bicyclic) bond motifs is 1. The number of hydrogen-bond donors (Lipinski definition) is 1. The van der Waals surface area contributed by atoms with Gasteiger partial charge < -0.3 is 9.72 Å². The standard InChI is InChI=1S/C16H14FN3O3/c1-7-12(8-3-4-8)19-15-9(14(7)21)5-11(17)13(20-15)10(6-18)16(22)23-2/h5,8,10H,3-4H2,1-2H3,(H,19,20,21). The van der Waals surface area contributed by atoms with Gasteiger partial charge in [0.15, 0.2) is 11.3 Å². The summed E-state index contributed by atoms with van der Waals surface area (Å²) in [5, 5.41) is 9.21. The van der Waals surface area contributed by atoms with Gasteiger partial charge in [0.05, 0.1) is 18.6 Å². The maximum Gasteiger partial charge on any atom is 0.329 e. The Morgan fingerprint density at radius 2 is 2.26 bits per heavy atom. The van der Waals surface area contributed by atoms with Crippen LogP contribution < -0.4 is 5.43 Å². The molecule has 3 rings (SSSR count). The van der Waals surface area contributed by atoms with Crippen LogP contribution in [0, 0.1) is 24.1 Å². The van der Waals surface area contributed by atoms with Gasteiger partial charge in [-0.05, 0) is 31.7 Å². The van der Waals surface area contributed by atoms with Crippen molar-refractivity contribution in [1.82, 2.24) is 9.97 Å². The zero-order chi connectivity index (χ0) is 16.7. The molecule has 1 aliphatic carbocycles. The molecule has 1 unspecified atom stereocenters. The van der Waals surface area contributed by atoms with E-state index in [1.165, 1.54) is 0 Å². The number of hydrogen-bond acceptors (Lipinski definition) is 5. The largest absolute Gasteiger partial charge is 0.468 e. The molecule has 0 radical (unpaired) electrons. The van der Waals surface area contributed by atoms with Crippen molar-refractivity contribution in [2.24, 2.45) is 0 Å². The van der Waals surface area contributed by atoms with Crippen molar-refractivity contribution < 1.29 is 13.9 Å². The molecule has 23 heavy (non-hydrogen) atoms. The Hall–Kier alpha value is -2.75. The number of carbonyl (C=O) groups excluding carboxylic acids is 1. The minimum absolute atomic E-state index is 0.106. The Kier molecular flexibility index (Phi) is 3.60. The molecular formula is C16H14FN3O3. The molecule has 1 saturated carbocycles. The van der Waals surface area contributed by atoms with Crippen molar-refractivity contribution >= 4 is 17.0 Å². The maximum absolute atomic E-state index is 14.3. The first kappa shape index (κ1) is 15.2. The molecule has 2 aromatic heterocycles. The lowest BCUT2D eigenvalue weighted by Gasteiger charge is -2.11. The smallest absolute Gasteiger partial charge is 0.329 e. The number of H-pyrrole nitrogens is 1. The number of ether oxygens (including phenoxy) is 1. The van der Waals surface area contributed by atoms with Crippen LogP contribution in [0.2, 0.25) is 0 Å². The van der Waals surface area contributed by atoms with Crippen LogP contribution in [0.3, 0.4) is 0 Å². The first-order valence-electron chi connectivity index (χ1n) is 7.18. The second kappa shape index (κ2) is 5.47. The summed E-state index contributed by atoms with van der Waals surface area (Å²) < 4.78 is 18.8. The molecule has 1 N–H and O–H groups in total. The predicted molar refractivity (Wildman–Crippen MR) is 79.4 cm³/mol. The fourth-order valence-electron chi connectivity index (χ4n) is 2.64. The summed E-state index contributed by atoms with van der Waals surface area (Å²) in [4.78, 5) is 31.1. The minimum Gasteiger partial charge on any atom is -0.468 e. The molecule has 6 nitrogen and oxygen atoms in total. The maximum atomic E-state index is 14.3. The van der Waals surface area contributed by atoms with Gasteiger partial charge in [-0.3, -0.25) is 9.59 Å². The highest BCUT2D eigenvalue weighted by Crippen LogP contribution is 2.40. The van der Waals surface area contributed by atoms with E-state index in [1.807, 2.05) is 0 Å². The highest BCUT2D eigenvalue weighted by Gasteiger charge is 2.30. The van der Waals surface area contributed by atoms with Crippen LogP contribution in [-0.2, 0) is 9.53 Å². The number of nitriles is 1. The van der Waals surface area contributed by atoms with E-state index in [9.17, 15) is 14.0 Å². The van der Waals surface area contributed by atoms with Crippen LogP contribution in [-0.4, -0.2) is 23.0 Å². The quantitative estimate of drug-likeness (QED) is 0.874. The molecule has 7 heteroatoms. The van der Waals surface area contributed by atoms with E-state index in [1.54, 1.807) is 13.0 Å². The third kappa shape index (κ3) is 2.46. The molecule has 0 aliphatic heterocycles. The Bertz CT molecular complexity index is 909. The summed E-state index contributed by atoms with van der Waals surface area (Å²) in [6, 6.07) is 2.70. The number of nitrogens with one attached hydrogen (secondary N) is 1. The molecule has 0 aromatic carbocycles. The molecule has 2 heterocycles. The number of aromatic amines is 1. The monoisotopic (exact) mass is 315 g/mol. The van der Waals surface area contributed by atoms with Crippen molar-refractivity contribution in [3.63, 3.8) is 0 Å². The molecule has 0 bridgehead atoms. The van der Waals surface area contributed by atoms with Crippen molar-refractivity contribution in [2.75, 3.05) is 7.11 Å². The number of methoxy groups -OCH3 is 1. The molecule has 0 spiro atoms. The topological polar surface area (TPSA) is 95.8 Å². The van der Waals surface area contributed by atoms with E-state index in [2.05, 4.69) is 14.7 Å². The van der Waals surface area contributed by atoms with Crippen LogP contribution in [0.1, 0.15) is 41.6 Å². The Morgan fingerprint density at radius 3 is 2.83 bits per heavy atom. The molecule has 2 aromatic rings. The first-order chi connectivity index (χ1) is 11.0. The number of halogens is 1. The van der Waals surface area contributed by atoms with Gasteiger partial charge >= 0.3 is 5.97 Å². The molecular weight excluding hydrogens is 301 g/mol. The Morgan fingerprint density at radius 1 is 1.57 bits per heavy atom. The number of nitrogens with zero attached hydrogens (tertiary/aromatic N) is 2.